The van der Waals surface area contributed by atoms with Gasteiger partial charge in [0.05, 0.1) is 0 Å². The summed E-state index contributed by atoms with van der Waals surface area (Å²) in [6, 6.07) is 12.2. The van der Waals surface area contributed by atoms with Crippen LogP contribution < -0.4 is 5.32 Å². The number of nitrogens with one attached hydrogen (secondary N) is 1. The van der Waals surface area contributed by atoms with Crippen molar-refractivity contribution >= 4 is 0 Å². The summed E-state index contributed by atoms with van der Waals surface area (Å²) in [6.45, 7) is 2.34. The highest BCUT2D eigenvalue weighted by Crippen LogP contribution is 2.39. The molecule has 21 heavy (non-hydrogen) atoms. The summed E-state index contributed by atoms with van der Waals surface area (Å²) in [4.78, 5) is 0. The molecule has 0 radical (unpaired) electrons. The van der Waals surface area contributed by atoms with Gasteiger partial charge in [-0.05, 0) is 37.2 Å². The smallest absolute Gasteiger partial charge is 0.0294 e. The maximum atomic E-state index is 3.98. The molecule has 0 amide bonds. The molecule has 3 atom stereocenters. The Labute approximate surface area is 130 Å². The van der Waals surface area contributed by atoms with Crippen LogP contribution in [0.3, 0.4) is 0 Å². The first-order valence-electron chi connectivity index (χ1n) is 9.15. The molecule has 1 N–H and O–H groups in total. The molecule has 0 aliphatic heterocycles. The Morgan fingerprint density at radius 3 is 2.29 bits per heavy atom. The molecule has 2 saturated carbocycles. The van der Waals surface area contributed by atoms with Gasteiger partial charge in [0.25, 0.3) is 0 Å². The van der Waals surface area contributed by atoms with Crippen LogP contribution in [0.5, 0.6) is 0 Å². The Kier molecular flexibility index (Phi) is 5.35. The highest BCUT2D eigenvalue weighted by Gasteiger charge is 2.32. The summed E-state index contributed by atoms with van der Waals surface area (Å²) in [5, 5.41) is 3.98. The summed E-state index contributed by atoms with van der Waals surface area (Å²) < 4.78 is 0. The van der Waals surface area contributed by atoms with Gasteiger partial charge < -0.3 is 5.32 Å². The minimum Gasteiger partial charge on any atom is -0.307 e. The molecule has 116 valence electrons. The van der Waals surface area contributed by atoms with E-state index in [-0.39, 0.29) is 0 Å². The van der Waals surface area contributed by atoms with Gasteiger partial charge >= 0.3 is 0 Å². The van der Waals surface area contributed by atoms with Crippen LogP contribution in [-0.4, -0.2) is 6.04 Å². The Hall–Kier alpha value is -0.820. The van der Waals surface area contributed by atoms with E-state index in [2.05, 4.69) is 42.6 Å². The topological polar surface area (TPSA) is 12.0 Å². The highest BCUT2D eigenvalue weighted by atomic mass is 15.0. The largest absolute Gasteiger partial charge is 0.307 e. The molecular weight excluding hydrogens is 254 g/mol. The van der Waals surface area contributed by atoms with Gasteiger partial charge in [0.15, 0.2) is 0 Å². The van der Waals surface area contributed by atoms with E-state index in [1.165, 1.54) is 63.4 Å². The van der Waals surface area contributed by atoms with Crippen molar-refractivity contribution in [3.05, 3.63) is 35.9 Å². The maximum Gasteiger partial charge on any atom is 0.0294 e. The van der Waals surface area contributed by atoms with Gasteiger partial charge in [0, 0.05) is 12.1 Å². The summed E-state index contributed by atoms with van der Waals surface area (Å²) in [6.07, 6.45) is 13.1. The summed E-state index contributed by atoms with van der Waals surface area (Å²) in [7, 11) is 0. The lowest BCUT2D eigenvalue weighted by molar-refractivity contribution is 0.143. The van der Waals surface area contributed by atoms with Gasteiger partial charge in [-0.2, -0.15) is 0 Å². The third-order valence-corrected chi connectivity index (χ3v) is 5.84. The molecule has 0 aromatic heterocycles. The summed E-state index contributed by atoms with van der Waals surface area (Å²) in [5.74, 6) is 1.93. The molecule has 0 heterocycles. The number of benzene rings is 1. The molecule has 0 bridgehead atoms. The standard InChI is InChI=1S/C20H31N/c1-16(17-10-4-2-5-11-17)21-20-15-9-8-14-19(20)18-12-6-3-7-13-18/h2,4-5,10-11,16,18-21H,3,6-9,12-15H2,1H3/t16-,19?,20?/m0/s1. The summed E-state index contributed by atoms with van der Waals surface area (Å²) in [5.41, 5.74) is 1.44. The second-order valence-corrected chi connectivity index (χ2v) is 7.25. The predicted octanol–water partition coefficient (Wildman–Crippen LogP) is 5.48. The van der Waals surface area contributed by atoms with Crippen LogP contribution in [0.2, 0.25) is 0 Å². The fourth-order valence-electron chi connectivity index (χ4n) is 4.65. The van der Waals surface area contributed by atoms with Crippen molar-refractivity contribution in [2.24, 2.45) is 11.8 Å². The number of rotatable bonds is 4. The van der Waals surface area contributed by atoms with Crippen LogP contribution >= 0.6 is 0 Å². The number of hydrogen-bond donors (Lipinski definition) is 1. The van der Waals surface area contributed by atoms with Crippen molar-refractivity contribution in [2.45, 2.75) is 76.8 Å². The highest BCUT2D eigenvalue weighted by molar-refractivity contribution is 5.18. The predicted molar refractivity (Wildman–Crippen MR) is 90.3 cm³/mol. The molecule has 0 spiro atoms. The van der Waals surface area contributed by atoms with E-state index in [0.29, 0.717) is 6.04 Å². The van der Waals surface area contributed by atoms with Crippen molar-refractivity contribution < 1.29 is 0 Å². The Bertz CT molecular complexity index is 407. The normalized spacial score (nSPS) is 29.2. The Morgan fingerprint density at radius 2 is 1.52 bits per heavy atom. The molecule has 3 rings (SSSR count). The van der Waals surface area contributed by atoms with Crippen LogP contribution in [0, 0.1) is 11.8 Å². The zero-order valence-electron chi connectivity index (χ0n) is 13.6. The van der Waals surface area contributed by atoms with E-state index >= 15 is 0 Å². The molecule has 2 aliphatic rings. The Morgan fingerprint density at radius 1 is 0.857 bits per heavy atom. The average molecular weight is 285 g/mol. The van der Waals surface area contributed by atoms with E-state index in [4.69, 9.17) is 0 Å². The van der Waals surface area contributed by atoms with Crippen LogP contribution in [-0.2, 0) is 0 Å². The first kappa shape index (κ1) is 15.1. The van der Waals surface area contributed by atoms with Crippen molar-refractivity contribution in [3.8, 4) is 0 Å². The molecule has 0 saturated heterocycles. The minimum absolute atomic E-state index is 0.486. The third-order valence-electron chi connectivity index (χ3n) is 5.84. The average Bonchev–Trinajstić information content (AvgIpc) is 2.57. The third kappa shape index (κ3) is 3.88. The molecule has 2 unspecified atom stereocenters. The van der Waals surface area contributed by atoms with Gasteiger partial charge in [-0.3, -0.25) is 0 Å². The SMILES string of the molecule is C[C@H](NC1CCCCC1C1CCCCC1)c1ccccc1. The van der Waals surface area contributed by atoms with E-state index in [1.807, 2.05) is 0 Å². The fourth-order valence-corrected chi connectivity index (χ4v) is 4.65. The van der Waals surface area contributed by atoms with E-state index in [0.717, 1.165) is 17.9 Å². The van der Waals surface area contributed by atoms with Gasteiger partial charge in [0.2, 0.25) is 0 Å². The molecule has 2 fully saturated rings. The van der Waals surface area contributed by atoms with Crippen molar-refractivity contribution in [1.29, 1.82) is 0 Å². The van der Waals surface area contributed by atoms with Crippen LogP contribution in [0.4, 0.5) is 0 Å². The fraction of sp³-hybridized carbons (Fsp3) is 0.700. The van der Waals surface area contributed by atoms with Gasteiger partial charge in [0.1, 0.15) is 0 Å². The zero-order valence-corrected chi connectivity index (χ0v) is 13.6. The lowest BCUT2D eigenvalue weighted by Crippen LogP contribution is -2.43. The van der Waals surface area contributed by atoms with Crippen LogP contribution in [0.15, 0.2) is 30.3 Å². The van der Waals surface area contributed by atoms with E-state index < -0.39 is 0 Å². The van der Waals surface area contributed by atoms with Gasteiger partial charge in [-0.15, -0.1) is 0 Å². The molecule has 1 nitrogen and oxygen atoms in total. The monoisotopic (exact) mass is 285 g/mol. The summed E-state index contributed by atoms with van der Waals surface area (Å²) >= 11 is 0. The van der Waals surface area contributed by atoms with Crippen LogP contribution in [0.25, 0.3) is 0 Å². The zero-order chi connectivity index (χ0) is 14.5. The number of hydrogen-bond acceptors (Lipinski definition) is 1. The van der Waals surface area contributed by atoms with Crippen molar-refractivity contribution in [3.63, 3.8) is 0 Å². The van der Waals surface area contributed by atoms with Crippen LogP contribution in [0.1, 0.15) is 76.3 Å². The van der Waals surface area contributed by atoms with E-state index in [1.54, 1.807) is 0 Å². The molecule has 1 heteroatoms. The molecule has 1 aromatic rings. The quantitative estimate of drug-likeness (QED) is 0.772. The lowest BCUT2D eigenvalue weighted by atomic mass is 9.70. The van der Waals surface area contributed by atoms with Gasteiger partial charge in [-0.25, -0.2) is 0 Å². The molecular formula is C20H31N. The molecule has 2 aliphatic carbocycles. The second-order valence-electron chi connectivity index (χ2n) is 7.25. The maximum absolute atomic E-state index is 3.98. The Balaban J connectivity index is 1.63. The first-order valence-corrected chi connectivity index (χ1v) is 9.15. The van der Waals surface area contributed by atoms with Crippen molar-refractivity contribution in [1.82, 2.24) is 5.32 Å². The lowest BCUT2D eigenvalue weighted by Gasteiger charge is -2.40. The second kappa shape index (κ2) is 7.45. The minimum atomic E-state index is 0.486. The van der Waals surface area contributed by atoms with Gasteiger partial charge in [-0.1, -0.05) is 75.3 Å². The van der Waals surface area contributed by atoms with Crippen molar-refractivity contribution in [2.75, 3.05) is 0 Å². The van der Waals surface area contributed by atoms with E-state index in [9.17, 15) is 0 Å². The molecule has 1 aromatic carbocycles. The first-order chi connectivity index (χ1) is 10.3.